The molecule has 0 bridgehead atoms. The van der Waals surface area contributed by atoms with Gasteiger partial charge in [0.25, 0.3) is 0 Å². The minimum Gasteiger partial charge on any atom is -0.393 e. The Bertz CT molecular complexity index is 1030. The molecule has 0 amide bonds. The van der Waals surface area contributed by atoms with Gasteiger partial charge in [0.15, 0.2) is 0 Å². The van der Waals surface area contributed by atoms with Gasteiger partial charge in [-0.25, -0.2) is 0 Å². The SMILES string of the molecule is C=C(C)C1=C(c2c[nH]c3ccccc23)[C@H]2[C@@H](C)CC[C@]3(C)[C@@H](C)CC[C@@H](O)[C@@]23CC1. The van der Waals surface area contributed by atoms with Gasteiger partial charge in [-0.2, -0.15) is 0 Å². The third-order valence-corrected chi connectivity index (χ3v) is 9.68. The lowest BCUT2D eigenvalue weighted by molar-refractivity contribution is -0.195. The predicted octanol–water partition coefficient (Wildman–Crippen LogP) is 7.12. The summed E-state index contributed by atoms with van der Waals surface area (Å²) in [6, 6.07) is 8.67. The van der Waals surface area contributed by atoms with Crippen LogP contribution in [0.2, 0.25) is 0 Å². The molecule has 2 nitrogen and oxygen atoms in total. The van der Waals surface area contributed by atoms with Crippen molar-refractivity contribution in [2.45, 2.75) is 72.3 Å². The molecular weight excluding hydrogens is 366 g/mol. The summed E-state index contributed by atoms with van der Waals surface area (Å²) in [5, 5.41) is 13.0. The van der Waals surface area contributed by atoms with Crippen molar-refractivity contribution >= 4 is 16.5 Å². The van der Waals surface area contributed by atoms with Crippen LogP contribution in [0.5, 0.6) is 0 Å². The summed E-state index contributed by atoms with van der Waals surface area (Å²) >= 11 is 0. The highest BCUT2D eigenvalue weighted by atomic mass is 16.3. The van der Waals surface area contributed by atoms with Crippen molar-refractivity contribution in [2.24, 2.45) is 28.6 Å². The van der Waals surface area contributed by atoms with Crippen molar-refractivity contribution in [1.29, 1.82) is 0 Å². The van der Waals surface area contributed by atoms with Crippen LogP contribution in [0.3, 0.4) is 0 Å². The number of aliphatic hydroxyl groups excluding tert-OH is 1. The lowest BCUT2D eigenvalue weighted by atomic mass is 9.37. The summed E-state index contributed by atoms with van der Waals surface area (Å²) < 4.78 is 0. The maximum atomic E-state index is 11.7. The van der Waals surface area contributed by atoms with E-state index >= 15 is 0 Å². The van der Waals surface area contributed by atoms with Crippen LogP contribution in [0, 0.1) is 28.6 Å². The van der Waals surface area contributed by atoms with Crippen LogP contribution in [0.4, 0.5) is 0 Å². The van der Waals surface area contributed by atoms with Crippen molar-refractivity contribution in [3.8, 4) is 0 Å². The summed E-state index contributed by atoms with van der Waals surface area (Å²) in [6.07, 6.45) is 8.73. The molecule has 0 saturated heterocycles. The Balaban J connectivity index is 1.80. The van der Waals surface area contributed by atoms with Gasteiger partial charge < -0.3 is 10.1 Å². The van der Waals surface area contributed by atoms with Gasteiger partial charge in [0.1, 0.15) is 0 Å². The first-order valence-electron chi connectivity index (χ1n) is 11.9. The topological polar surface area (TPSA) is 36.0 Å². The van der Waals surface area contributed by atoms with E-state index < -0.39 is 0 Å². The Morgan fingerprint density at radius 3 is 2.67 bits per heavy atom. The lowest BCUT2D eigenvalue weighted by Crippen LogP contribution is -2.63. The Morgan fingerprint density at radius 1 is 1.13 bits per heavy atom. The van der Waals surface area contributed by atoms with Gasteiger partial charge in [0, 0.05) is 28.1 Å². The van der Waals surface area contributed by atoms with Crippen LogP contribution in [-0.4, -0.2) is 16.2 Å². The molecule has 5 rings (SSSR count). The molecule has 1 heterocycles. The molecule has 1 aromatic carbocycles. The van der Waals surface area contributed by atoms with Crippen molar-refractivity contribution in [1.82, 2.24) is 4.98 Å². The standard InChI is InChI=1S/C28H37NO/c1-17(2)20-13-15-28-24(30)11-10-19(4)27(28,5)14-12-18(3)26(28)25(20)22-16-29-23-9-7-6-8-21(22)23/h6-9,16,18-19,24,26,29-30H,1,10-15H2,2-5H3/t18-,19-,24+,26+,27+,28-/m0/s1. The minimum absolute atomic E-state index is 0.0327. The number of benzene rings is 1. The molecule has 2 fully saturated rings. The molecule has 1 aromatic heterocycles. The molecule has 3 aliphatic carbocycles. The largest absolute Gasteiger partial charge is 0.393 e. The van der Waals surface area contributed by atoms with Crippen LogP contribution in [0.15, 0.2) is 48.2 Å². The number of H-pyrrole nitrogens is 1. The molecule has 2 heteroatoms. The van der Waals surface area contributed by atoms with Gasteiger partial charge in [-0.15, -0.1) is 0 Å². The highest BCUT2D eigenvalue weighted by Crippen LogP contribution is 2.71. The highest BCUT2D eigenvalue weighted by molar-refractivity contribution is 5.95. The molecule has 160 valence electrons. The molecule has 2 aromatic rings. The summed E-state index contributed by atoms with van der Waals surface area (Å²) in [6.45, 7) is 14.0. The van der Waals surface area contributed by atoms with E-state index in [4.69, 9.17) is 0 Å². The fourth-order valence-corrected chi connectivity index (χ4v) is 7.94. The number of aromatic amines is 1. The average Bonchev–Trinajstić information content (AvgIpc) is 3.16. The second kappa shape index (κ2) is 6.85. The molecule has 2 N–H and O–H groups in total. The summed E-state index contributed by atoms with van der Waals surface area (Å²) in [4.78, 5) is 3.53. The molecule has 2 saturated carbocycles. The maximum absolute atomic E-state index is 11.7. The van der Waals surface area contributed by atoms with E-state index in [0.29, 0.717) is 17.8 Å². The zero-order valence-electron chi connectivity index (χ0n) is 19.1. The van der Waals surface area contributed by atoms with Gasteiger partial charge in [0.05, 0.1) is 6.10 Å². The van der Waals surface area contributed by atoms with Gasteiger partial charge in [0.2, 0.25) is 0 Å². The molecule has 6 atom stereocenters. The van der Waals surface area contributed by atoms with Gasteiger partial charge in [-0.3, -0.25) is 0 Å². The fraction of sp³-hybridized carbons (Fsp3) is 0.571. The number of nitrogens with one attached hydrogen (secondary N) is 1. The first-order chi connectivity index (χ1) is 14.3. The molecule has 0 radical (unpaired) electrons. The zero-order valence-corrected chi connectivity index (χ0v) is 19.1. The summed E-state index contributed by atoms with van der Waals surface area (Å²) in [5.74, 6) is 1.61. The number of para-hydroxylation sites is 1. The van der Waals surface area contributed by atoms with Crippen molar-refractivity contribution < 1.29 is 5.11 Å². The van der Waals surface area contributed by atoms with Crippen LogP contribution in [-0.2, 0) is 0 Å². The maximum Gasteiger partial charge on any atom is 0.0607 e. The van der Waals surface area contributed by atoms with Gasteiger partial charge in [-0.05, 0) is 85.8 Å². The van der Waals surface area contributed by atoms with E-state index in [0.717, 1.165) is 25.7 Å². The molecular formula is C28H37NO. The Labute approximate surface area is 181 Å². The minimum atomic E-state index is -0.210. The van der Waals surface area contributed by atoms with E-state index in [-0.39, 0.29) is 16.9 Å². The third-order valence-electron chi connectivity index (χ3n) is 9.68. The first kappa shape index (κ1) is 20.1. The number of aromatic nitrogens is 1. The second-order valence-corrected chi connectivity index (χ2v) is 10.9. The third kappa shape index (κ3) is 2.46. The highest BCUT2D eigenvalue weighted by Gasteiger charge is 2.65. The van der Waals surface area contributed by atoms with Crippen molar-refractivity contribution in [2.75, 3.05) is 0 Å². The molecule has 3 aliphatic rings. The van der Waals surface area contributed by atoms with E-state index in [1.165, 1.54) is 46.0 Å². The smallest absolute Gasteiger partial charge is 0.0607 e. The summed E-state index contributed by atoms with van der Waals surface area (Å²) in [5.41, 5.74) is 6.82. The van der Waals surface area contributed by atoms with Crippen LogP contribution >= 0.6 is 0 Å². The predicted molar refractivity (Wildman–Crippen MR) is 126 cm³/mol. The van der Waals surface area contributed by atoms with Crippen LogP contribution < -0.4 is 0 Å². The van der Waals surface area contributed by atoms with Gasteiger partial charge >= 0.3 is 0 Å². The normalized spacial score (nSPS) is 39.0. The van der Waals surface area contributed by atoms with Crippen LogP contribution in [0.25, 0.3) is 16.5 Å². The average molecular weight is 404 g/mol. The lowest BCUT2D eigenvalue weighted by Gasteiger charge is -2.67. The first-order valence-corrected chi connectivity index (χ1v) is 11.9. The van der Waals surface area contributed by atoms with Crippen molar-refractivity contribution in [3.05, 3.63) is 53.8 Å². The van der Waals surface area contributed by atoms with E-state index in [1.54, 1.807) is 0 Å². The molecule has 0 unspecified atom stereocenters. The number of fused-ring (bicyclic) bond motifs is 1. The Morgan fingerprint density at radius 2 is 1.90 bits per heavy atom. The summed E-state index contributed by atoms with van der Waals surface area (Å²) in [7, 11) is 0. The Hall–Kier alpha value is -1.80. The van der Waals surface area contributed by atoms with E-state index in [2.05, 4.69) is 69.7 Å². The number of allylic oxidation sites excluding steroid dienone is 3. The van der Waals surface area contributed by atoms with E-state index in [9.17, 15) is 5.11 Å². The van der Waals surface area contributed by atoms with Gasteiger partial charge in [-0.1, -0.05) is 51.1 Å². The monoisotopic (exact) mass is 403 g/mol. The fourth-order valence-electron chi connectivity index (χ4n) is 7.94. The Kier molecular flexibility index (Phi) is 4.60. The number of hydrogen-bond donors (Lipinski definition) is 2. The zero-order chi connectivity index (χ0) is 21.3. The molecule has 30 heavy (non-hydrogen) atoms. The second-order valence-electron chi connectivity index (χ2n) is 10.9. The number of hydrogen-bond acceptors (Lipinski definition) is 1. The van der Waals surface area contributed by atoms with Crippen molar-refractivity contribution in [3.63, 3.8) is 0 Å². The molecule has 1 spiro atoms. The molecule has 0 aliphatic heterocycles. The number of rotatable bonds is 2. The number of aliphatic hydroxyl groups is 1. The van der Waals surface area contributed by atoms with E-state index in [1.807, 2.05) is 0 Å². The van der Waals surface area contributed by atoms with Crippen LogP contribution in [0.1, 0.15) is 71.8 Å². The quantitative estimate of drug-likeness (QED) is 0.550.